The number of rotatable bonds is 9. The Labute approximate surface area is 155 Å². The van der Waals surface area contributed by atoms with E-state index in [9.17, 15) is 4.79 Å². The second-order valence-electron chi connectivity index (χ2n) is 6.63. The molecule has 0 aromatic heterocycles. The first-order valence-corrected chi connectivity index (χ1v) is 8.90. The van der Waals surface area contributed by atoms with Gasteiger partial charge in [0.05, 0.1) is 12.1 Å². The van der Waals surface area contributed by atoms with Crippen LogP contribution < -0.4 is 15.8 Å². The first-order valence-electron chi connectivity index (χ1n) is 8.90. The molecule has 0 saturated carbocycles. The van der Waals surface area contributed by atoms with E-state index in [4.69, 9.17) is 15.2 Å². The van der Waals surface area contributed by atoms with E-state index in [0.717, 1.165) is 18.6 Å². The lowest BCUT2D eigenvalue weighted by atomic mass is 9.96. The van der Waals surface area contributed by atoms with Crippen molar-refractivity contribution in [1.82, 2.24) is 0 Å². The van der Waals surface area contributed by atoms with E-state index in [-0.39, 0.29) is 5.91 Å². The zero-order valence-electron chi connectivity index (χ0n) is 15.7. The van der Waals surface area contributed by atoms with Crippen LogP contribution in [0.2, 0.25) is 0 Å². The number of anilines is 1. The molecule has 1 atom stereocenters. The van der Waals surface area contributed by atoms with Gasteiger partial charge in [0, 0.05) is 12.8 Å². The van der Waals surface area contributed by atoms with Crippen molar-refractivity contribution in [2.24, 2.45) is 5.73 Å². The number of methoxy groups -OCH3 is 1. The molecule has 0 aliphatic heterocycles. The van der Waals surface area contributed by atoms with Crippen molar-refractivity contribution in [3.63, 3.8) is 0 Å². The average molecular weight is 356 g/mol. The minimum Gasteiger partial charge on any atom is -0.457 e. The van der Waals surface area contributed by atoms with Crippen LogP contribution in [-0.4, -0.2) is 25.2 Å². The molecule has 2 aromatic rings. The summed E-state index contributed by atoms with van der Waals surface area (Å²) in [6, 6.07) is 15.2. The fourth-order valence-corrected chi connectivity index (χ4v) is 2.59. The highest BCUT2D eigenvalue weighted by Gasteiger charge is 2.27. The number of benzene rings is 2. The molecule has 0 aliphatic carbocycles. The highest BCUT2D eigenvalue weighted by Crippen LogP contribution is 2.24. The standard InChI is InChI=1S/C21H28N2O3/c1-4-14-21(2,22)20(24)23-17-7-11-19(12-8-17)26-18-9-5-16(6-10-18)13-15-25-3/h5-12H,4,13-15,22H2,1-3H3,(H,23,24). The van der Waals surface area contributed by atoms with E-state index in [2.05, 4.69) is 5.32 Å². The molecule has 2 aromatic carbocycles. The molecule has 0 aliphatic rings. The predicted octanol–water partition coefficient (Wildman–Crippen LogP) is 4.12. The first kappa shape index (κ1) is 19.9. The van der Waals surface area contributed by atoms with Crippen LogP contribution in [0.15, 0.2) is 48.5 Å². The van der Waals surface area contributed by atoms with Crippen molar-refractivity contribution < 1.29 is 14.3 Å². The largest absolute Gasteiger partial charge is 0.457 e. The maximum Gasteiger partial charge on any atom is 0.244 e. The Morgan fingerprint density at radius 3 is 2.19 bits per heavy atom. The zero-order valence-corrected chi connectivity index (χ0v) is 15.7. The summed E-state index contributed by atoms with van der Waals surface area (Å²) in [6.07, 6.45) is 2.38. The Morgan fingerprint density at radius 1 is 1.08 bits per heavy atom. The minimum absolute atomic E-state index is 0.181. The third-order valence-electron chi connectivity index (χ3n) is 4.15. The van der Waals surface area contributed by atoms with Crippen molar-refractivity contribution in [3.8, 4) is 11.5 Å². The third-order valence-corrected chi connectivity index (χ3v) is 4.15. The van der Waals surface area contributed by atoms with Gasteiger partial charge in [-0.1, -0.05) is 25.5 Å². The topological polar surface area (TPSA) is 73.6 Å². The number of ether oxygens (including phenoxy) is 2. The highest BCUT2D eigenvalue weighted by atomic mass is 16.5. The van der Waals surface area contributed by atoms with E-state index < -0.39 is 5.54 Å². The third kappa shape index (κ3) is 5.86. The van der Waals surface area contributed by atoms with E-state index in [0.29, 0.717) is 24.5 Å². The lowest BCUT2D eigenvalue weighted by molar-refractivity contribution is -0.120. The van der Waals surface area contributed by atoms with E-state index in [1.165, 1.54) is 5.56 Å². The second kappa shape index (κ2) is 9.36. The Balaban J connectivity index is 1.94. The van der Waals surface area contributed by atoms with Gasteiger partial charge < -0.3 is 20.5 Å². The van der Waals surface area contributed by atoms with Gasteiger partial charge in [-0.05, 0) is 61.7 Å². The van der Waals surface area contributed by atoms with Gasteiger partial charge in [-0.25, -0.2) is 0 Å². The van der Waals surface area contributed by atoms with Gasteiger partial charge in [-0.2, -0.15) is 0 Å². The average Bonchev–Trinajstić information content (AvgIpc) is 2.62. The van der Waals surface area contributed by atoms with Crippen molar-refractivity contribution in [1.29, 1.82) is 0 Å². The molecule has 0 spiro atoms. The van der Waals surface area contributed by atoms with Gasteiger partial charge in [0.2, 0.25) is 5.91 Å². The normalized spacial score (nSPS) is 13.1. The van der Waals surface area contributed by atoms with Gasteiger partial charge in [-0.15, -0.1) is 0 Å². The number of carbonyl (C=O) groups is 1. The first-order chi connectivity index (χ1) is 12.4. The fraction of sp³-hybridized carbons (Fsp3) is 0.381. The molecule has 0 radical (unpaired) electrons. The molecular formula is C21H28N2O3. The molecule has 0 bridgehead atoms. The minimum atomic E-state index is -0.867. The van der Waals surface area contributed by atoms with Crippen LogP contribution in [0.1, 0.15) is 32.3 Å². The van der Waals surface area contributed by atoms with Crippen LogP contribution >= 0.6 is 0 Å². The number of hydrogen-bond acceptors (Lipinski definition) is 4. The summed E-state index contributed by atoms with van der Waals surface area (Å²) in [5, 5.41) is 2.85. The molecule has 5 heteroatoms. The van der Waals surface area contributed by atoms with E-state index in [1.54, 1.807) is 14.0 Å². The van der Waals surface area contributed by atoms with Gasteiger partial charge in [-0.3, -0.25) is 4.79 Å². The quantitative estimate of drug-likeness (QED) is 0.709. The molecule has 3 N–H and O–H groups in total. The Morgan fingerprint density at radius 2 is 1.65 bits per heavy atom. The highest BCUT2D eigenvalue weighted by molar-refractivity contribution is 5.97. The summed E-state index contributed by atoms with van der Waals surface area (Å²) in [5.74, 6) is 1.29. The van der Waals surface area contributed by atoms with Crippen molar-refractivity contribution in [2.75, 3.05) is 19.0 Å². The number of amides is 1. The monoisotopic (exact) mass is 356 g/mol. The lowest BCUT2D eigenvalue weighted by Crippen LogP contribution is -2.48. The number of nitrogens with one attached hydrogen (secondary N) is 1. The molecule has 26 heavy (non-hydrogen) atoms. The molecule has 1 unspecified atom stereocenters. The number of hydrogen-bond donors (Lipinski definition) is 2. The molecule has 0 heterocycles. The predicted molar refractivity (Wildman–Crippen MR) is 105 cm³/mol. The summed E-state index contributed by atoms with van der Waals surface area (Å²) in [7, 11) is 1.70. The van der Waals surface area contributed by atoms with Crippen LogP contribution in [0, 0.1) is 0 Å². The van der Waals surface area contributed by atoms with Gasteiger partial charge >= 0.3 is 0 Å². The molecule has 0 fully saturated rings. The molecular weight excluding hydrogens is 328 g/mol. The summed E-state index contributed by atoms with van der Waals surface area (Å²) >= 11 is 0. The summed E-state index contributed by atoms with van der Waals surface area (Å²) in [4.78, 5) is 12.2. The van der Waals surface area contributed by atoms with Crippen LogP contribution in [0.3, 0.4) is 0 Å². The number of nitrogens with two attached hydrogens (primary N) is 1. The van der Waals surface area contributed by atoms with Crippen molar-refractivity contribution in [2.45, 2.75) is 38.6 Å². The fourth-order valence-electron chi connectivity index (χ4n) is 2.59. The van der Waals surface area contributed by atoms with Crippen LogP contribution in [0.5, 0.6) is 11.5 Å². The van der Waals surface area contributed by atoms with Crippen LogP contribution in [0.4, 0.5) is 5.69 Å². The summed E-state index contributed by atoms with van der Waals surface area (Å²) < 4.78 is 10.9. The molecule has 1 amide bonds. The van der Waals surface area contributed by atoms with Crippen molar-refractivity contribution in [3.05, 3.63) is 54.1 Å². The van der Waals surface area contributed by atoms with Gasteiger partial charge in [0.1, 0.15) is 11.5 Å². The van der Waals surface area contributed by atoms with Crippen LogP contribution in [-0.2, 0) is 16.0 Å². The Kier molecular flexibility index (Phi) is 7.18. The molecule has 2 rings (SSSR count). The zero-order chi connectivity index (χ0) is 19.0. The SMILES string of the molecule is CCCC(C)(N)C(=O)Nc1ccc(Oc2ccc(CCOC)cc2)cc1. The van der Waals surface area contributed by atoms with E-state index in [1.807, 2.05) is 55.5 Å². The maximum absolute atomic E-state index is 12.2. The van der Waals surface area contributed by atoms with Crippen molar-refractivity contribution >= 4 is 11.6 Å². The molecule has 140 valence electrons. The Hall–Kier alpha value is -2.37. The second-order valence-corrected chi connectivity index (χ2v) is 6.63. The maximum atomic E-state index is 12.2. The summed E-state index contributed by atoms with van der Waals surface area (Å²) in [5.41, 5.74) is 7.08. The number of carbonyl (C=O) groups excluding carboxylic acids is 1. The lowest BCUT2D eigenvalue weighted by Gasteiger charge is -2.22. The molecule has 5 nitrogen and oxygen atoms in total. The smallest absolute Gasteiger partial charge is 0.244 e. The molecule has 0 saturated heterocycles. The van der Waals surface area contributed by atoms with Crippen LogP contribution in [0.25, 0.3) is 0 Å². The van der Waals surface area contributed by atoms with Gasteiger partial charge in [0.25, 0.3) is 0 Å². The Bertz CT molecular complexity index is 694. The van der Waals surface area contributed by atoms with Gasteiger partial charge in [0.15, 0.2) is 0 Å². The summed E-state index contributed by atoms with van der Waals surface area (Å²) in [6.45, 7) is 4.46. The van der Waals surface area contributed by atoms with E-state index >= 15 is 0 Å².